The fourth-order valence-electron chi connectivity index (χ4n) is 3.99. The lowest BCUT2D eigenvalue weighted by atomic mass is 9.89. The van der Waals surface area contributed by atoms with Gasteiger partial charge in [0.05, 0.1) is 16.8 Å². The first kappa shape index (κ1) is 31.9. The summed E-state index contributed by atoms with van der Waals surface area (Å²) >= 11 is 6.02. The summed E-state index contributed by atoms with van der Waals surface area (Å²) in [6.07, 6.45) is -12.4. The van der Waals surface area contributed by atoms with Gasteiger partial charge in [-0.25, -0.2) is 4.18 Å². The van der Waals surface area contributed by atoms with Crippen molar-refractivity contribution in [3.05, 3.63) is 93.5 Å². The molecule has 2 N–H and O–H groups in total. The predicted octanol–water partition coefficient (Wildman–Crippen LogP) is 6.76. The highest BCUT2D eigenvalue weighted by molar-refractivity contribution is 7.86. The second-order valence-corrected chi connectivity index (χ2v) is 10.9. The second kappa shape index (κ2) is 11.3. The molecule has 3 aromatic rings. The molecule has 0 atom stereocenters. The highest BCUT2D eigenvalue weighted by Gasteiger charge is 2.75. The Morgan fingerprint density at radius 2 is 1.37 bits per heavy atom. The Balaban J connectivity index is 1.96. The van der Waals surface area contributed by atoms with Gasteiger partial charge in [-0.1, -0.05) is 41.9 Å². The molecule has 0 saturated heterocycles. The first-order valence-electron chi connectivity index (χ1n) is 11.4. The summed E-state index contributed by atoms with van der Waals surface area (Å²) in [5, 5.41) is 5.19. The van der Waals surface area contributed by atoms with Gasteiger partial charge >= 0.3 is 18.0 Å². The van der Waals surface area contributed by atoms with Gasteiger partial charge in [-0.05, 0) is 55.3 Å². The van der Waals surface area contributed by atoms with E-state index in [1.807, 2.05) is 0 Å². The highest BCUT2D eigenvalue weighted by atomic mass is 35.5. The van der Waals surface area contributed by atoms with Crippen LogP contribution in [0.5, 0.6) is 0 Å². The monoisotopic (exact) mass is 622 g/mol. The normalized spacial score (nSPS) is 12.6. The zero-order valence-corrected chi connectivity index (χ0v) is 22.9. The number of benzene rings is 3. The molecule has 0 unspecified atom stereocenters. The van der Waals surface area contributed by atoms with Gasteiger partial charge in [0.25, 0.3) is 21.9 Å². The molecule has 2 amide bonds. The third-order valence-electron chi connectivity index (χ3n) is 5.75. The summed E-state index contributed by atoms with van der Waals surface area (Å²) in [5.41, 5.74) is -6.99. The molecule has 0 heterocycles. The fraction of sp³-hybridized carbons (Fsp3) is 0.231. The molecule has 3 rings (SSSR count). The van der Waals surface area contributed by atoms with Gasteiger partial charge in [-0.15, -0.1) is 0 Å². The Kier molecular flexibility index (Phi) is 8.82. The molecule has 0 spiro atoms. The number of alkyl halides is 6. The lowest BCUT2D eigenvalue weighted by Crippen LogP contribution is -2.56. The number of halogens is 7. The SMILES string of the molecule is Cc1cc(C(OS(C)(=O)=O)(C(F)(F)F)C(F)(F)F)cc(C)c1NC(=O)c1cccc(NC(=O)c2ccccc2Cl)c1. The molecule has 220 valence electrons. The molecular formula is C26H21ClF6N2O5S. The Hall–Kier alpha value is -3.62. The number of nitrogens with one attached hydrogen (secondary N) is 2. The van der Waals surface area contributed by atoms with E-state index in [9.17, 15) is 44.3 Å². The second-order valence-electron chi connectivity index (χ2n) is 8.92. The van der Waals surface area contributed by atoms with Crippen LogP contribution in [0.1, 0.15) is 37.4 Å². The summed E-state index contributed by atoms with van der Waals surface area (Å²) in [5.74, 6) is -1.37. The number of carbonyl (C=O) groups is 2. The molecule has 7 nitrogen and oxygen atoms in total. The molecule has 0 bridgehead atoms. The van der Waals surface area contributed by atoms with E-state index in [1.165, 1.54) is 36.4 Å². The van der Waals surface area contributed by atoms with Crippen LogP contribution in [-0.2, 0) is 19.9 Å². The van der Waals surface area contributed by atoms with Gasteiger partial charge in [-0.2, -0.15) is 34.8 Å². The number of rotatable bonds is 7. The number of hydrogen-bond acceptors (Lipinski definition) is 5. The number of hydrogen-bond donors (Lipinski definition) is 2. The molecule has 0 aliphatic rings. The van der Waals surface area contributed by atoms with Crippen molar-refractivity contribution >= 4 is 44.9 Å². The van der Waals surface area contributed by atoms with Crippen LogP contribution >= 0.6 is 11.6 Å². The van der Waals surface area contributed by atoms with E-state index in [-0.39, 0.29) is 44.9 Å². The van der Waals surface area contributed by atoms with Gasteiger partial charge in [0.1, 0.15) is 0 Å². The number of aryl methyl sites for hydroxylation is 2. The molecule has 0 radical (unpaired) electrons. The van der Waals surface area contributed by atoms with E-state index < -0.39 is 45.4 Å². The van der Waals surface area contributed by atoms with E-state index in [0.717, 1.165) is 13.8 Å². The molecule has 41 heavy (non-hydrogen) atoms. The lowest BCUT2D eigenvalue weighted by molar-refractivity contribution is -0.364. The first-order chi connectivity index (χ1) is 18.8. The van der Waals surface area contributed by atoms with Gasteiger partial charge in [0, 0.05) is 22.5 Å². The van der Waals surface area contributed by atoms with Crippen LogP contribution in [0.3, 0.4) is 0 Å². The molecule has 0 aliphatic heterocycles. The minimum Gasteiger partial charge on any atom is -0.322 e. The fourth-order valence-corrected chi connectivity index (χ4v) is 4.95. The molecule has 3 aromatic carbocycles. The van der Waals surface area contributed by atoms with Crippen LogP contribution in [0.15, 0.2) is 60.7 Å². The van der Waals surface area contributed by atoms with E-state index in [1.54, 1.807) is 12.1 Å². The van der Waals surface area contributed by atoms with Crippen LogP contribution in [-0.4, -0.2) is 38.8 Å². The first-order valence-corrected chi connectivity index (χ1v) is 13.6. The maximum Gasteiger partial charge on any atom is 0.432 e. The topological polar surface area (TPSA) is 102 Å². The van der Waals surface area contributed by atoms with Crippen molar-refractivity contribution in [3.8, 4) is 0 Å². The van der Waals surface area contributed by atoms with Crippen molar-refractivity contribution < 1.29 is 48.5 Å². The molecular weight excluding hydrogens is 602 g/mol. The lowest BCUT2D eigenvalue weighted by Gasteiger charge is -2.36. The van der Waals surface area contributed by atoms with Crippen molar-refractivity contribution in [1.29, 1.82) is 0 Å². The third kappa shape index (κ3) is 6.82. The van der Waals surface area contributed by atoms with Crippen molar-refractivity contribution in [2.24, 2.45) is 0 Å². The van der Waals surface area contributed by atoms with Gasteiger partial charge in [0.15, 0.2) is 0 Å². The molecule has 0 aliphatic carbocycles. The Morgan fingerprint density at radius 1 is 0.805 bits per heavy atom. The van der Waals surface area contributed by atoms with E-state index in [2.05, 4.69) is 14.8 Å². The maximum absolute atomic E-state index is 13.9. The summed E-state index contributed by atoms with van der Waals surface area (Å²) in [4.78, 5) is 25.5. The Bertz CT molecular complexity index is 1570. The van der Waals surface area contributed by atoms with Crippen molar-refractivity contribution in [1.82, 2.24) is 0 Å². The zero-order valence-electron chi connectivity index (χ0n) is 21.4. The van der Waals surface area contributed by atoms with Crippen LogP contribution in [0, 0.1) is 13.8 Å². The summed E-state index contributed by atoms with van der Waals surface area (Å²) < 4.78 is 110. The largest absolute Gasteiger partial charge is 0.432 e. The molecule has 0 aromatic heterocycles. The van der Waals surface area contributed by atoms with E-state index in [4.69, 9.17) is 11.6 Å². The van der Waals surface area contributed by atoms with Gasteiger partial charge in [0.2, 0.25) is 0 Å². The van der Waals surface area contributed by atoms with Crippen LogP contribution in [0.25, 0.3) is 0 Å². The van der Waals surface area contributed by atoms with Crippen LogP contribution in [0.4, 0.5) is 37.7 Å². The summed E-state index contributed by atoms with van der Waals surface area (Å²) in [6, 6.07) is 12.7. The number of carbonyl (C=O) groups excluding carboxylic acids is 2. The molecule has 15 heteroatoms. The Labute approximate surface area is 235 Å². The van der Waals surface area contributed by atoms with E-state index in [0.29, 0.717) is 12.1 Å². The van der Waals surface area contributed by atoms with Crippen molar-refractivity contribution in [2.75, 3.05) is 16.9 Å². The average Bonchev–Trinajstić information content (AvgIpc) is 2.82. The van der Waals surface area contributed by atoms with Crippen LogP contribution < -0.4 is 10.6 Å². The van der Waals surface area contributed by atoms with Crippen molar-refractivity contribution in [3.63, 3.8) is 0 Å². The number of anilines is 2. The summed E-state index contributed by atoms with van der Waals surface area (Å²) in [6.45, 7) is 2.26. The summed E-state index contributed by atoms with van der Waals surface area (Å²) in [7, 11) is -5.27. The maximum atomic E-state index is 13.9. The molecule has 0 saturated carbocycles. The van der Waals surface area contributed by atoms with Crippen molar-refractivity contribution in [2.45, 2.75) is 31.8 Å². The van der Waals surface area contributed by atoms with Crippen LogP contribution in [0.2, 0.25) is 5.02 Å². The zero-order chi connectivity index (χ0) is 31.0. The van der Waals surface area contributed by atoms with Gasteiger partial charge < -0.3 is 10.6 Å². The smallest absolute Gasteiger partial charge is 0.322 e. The quantitative estimate of drug-likeness (QED) is 0.224. The van der Waals surface area contributed by atoms with E-state index >= 15 is 0 Å². The minimum atomic E-state index is -6.23. The average molecular weight is 623 g/mol. The van der Waals surface area contributed by atoms with Gasteiger partial charge in [-0.3, -0.25) is 9.59 Å². The molecule has 0 fully saturated rings. The highest BCUT2D eigenvalue weighted by Crippen LogP contribution is 2.54. The third-order valence-corrected chi connectivity index (χ3v) is 6.64. The number of amides is 2. The predicted molar refractivity (Wildman–Crippen MR) is 139 cm³/mol. The Morgan fingerprint density at radius 3 is 1.88 bits per heavy atom. The standard InChI is InChI=1S/C26H21ClF6N2O5S/c1-14-11-17(24(25(28,29)30,26(31,32)33)40-41(3,38)39)12-15(2)21(14)35-22(36)16-7-6-8-18(13-16)34-23(37)19-9-4-5-10-20(19)27/h4-13H,1-3H3,(H,34,37)(H,35,36). The minimum absolute atomic E-state index is 0.00910.